The minimum Gasteiger partial charge on any atom is -0.382 e. The second-order valence-electron chi connectivity index (χ2n) is 4.21. The molecule has 0 spiro atoms. The molecule has 0 atom stereocenters. The van der Waals surface area contributed by atoms with Gasteiger partial charge in [-0.1, -0.05) is 18.5 Å². The number of hydrogen-bond acceptors (Lipinski definition) is 5. The van der Waals surface area contributed by atoms with E-state index in [1.807, 2.05) is 12.1 Å². The summed E-state index contributed by atoms with van der Waals surface area (Å²) in [5.41, 5.74) is 0.740. The lowest BCUT2D eigenvalue weighted by Gasteiger charge is -2.09. The Hall–Kier alpha value is -0.880. The third-order valence-electron chi connectivity index (χ3n) is 2.52. The zero-order chi connectivity index (χ0) is 14.6. The van der Waals surface area contributed by atoms with E-state index in [9.17, 15) is 0 Å². The Morgan fingerprint density at radius 3 is 2.65 bits per heavy atom. The van der Waals surface area contributed by atoms with Crippen LogP contribution in [0.4, 0.5) is 5.82 Å². The van der Waals surface area contributed by atoms with Crippen LogP contribution in [0.25, 0.3) is 0 Å². The van der Waals surface area contributed by atoms with Crippen LogP contribution < -0.4 is 5.32 Å². The Balaban J connectivity index is 2.27. The van der Waals surface area contributed by atoms with E-state index in [2.05, 4.69) is 17.2 Å². The summed E-state index contributed by atoms with van der Waals surface area (Å²) in [6, 6.07) is 3.70. The van der Waals surface area contributed by atoms with Gasteiger partial charge in [-0.15, -0.1) is 0 Å². The SMILES string of the molecule is CCCNc1ccc(Cl)c(COCCOCCOC)n1. The Morgan fingerprint density at radius 2 is 1.90 bits per heavy atom. The molecule has 1 N–H and O–H groups in total. The molecule has 1 rings (SSSR count). The van der Waals surface area contributed by atoms with Crippen molar-refractivity contribution in [3.63, 3.8) is 0 Å². The van der Waals surface area contributed by atoms with E-state index in [0.717, 1.165) is 24.5 Å². The largest absolute Gasteiger partial charge is 0.382 e. The van der Waals surface area contributed by atoms with Crippen molar-refractivity contribution in [3.8, 4) is 0 Å². The molecule has 0 radical (unpaired) electrons. The zero-order valence-corrected chi connectivity index (χ0v) is 12.9. The number of rotatable bonds is 11. The van der Waals surface area contributed by atoms with Crippen molar-refractivity contribution in [1.82, 2.24) is 4.98 Å². The van der Waals surface area contributed by atoms with Crippen LogP contribution in [-0.2, 0) is 20.8 Å². The molecule has 0 aromatic carbocycles. The van der Waals surface area contributed by atoms with Crippen LogP contribution in [0, 0.1) is 0 Å². The molecule has 0 unspecified atom stereocenters. The van der Waals surface area contributed by atoms with E-state index >= 15 is 0 Å². The van der Waals surface area contributed by atoms with Gasteiger partial charge >= 0.3 is 0 Å². The van der Waals surface area contributed by atoms with Gasteiger partial charge in [0.05, 0.1) is 43.8 Å². The average molecular weight is 303 g/mol. The summed E-state index contributed by atoms with van der Waals surface area (Å²) < 4.78 is 15.7. The minimum atomic E-state index is 0.383. The molecule has 114 valence electrons. The number of aromatic nitrogens is 1. The van der Waals surface area contributed by atoms with E-state index in [1.54, 1.807) is 7.11 Å². The van der Waals surface area contributed by atoms with E-state index in [-0.39, 0.29) is 0 Å². The van der Waals surface area contributed by atoms with Crippen LogP contribution in [0.2, 0.25) is 5.02 Å². The van der Waals surface area contributed by atoms with E-state index in [1.165, 1.54) is 0 Å². The molecule has 0 saturated heterocycles. The topological polar surface area (TPSA) is 52.6 Å². The minimum absolute atomic E-state index is 0.383. The summed E-state index contributed by atoms with van der Waals surface area (Å²) in [5, 5.41) is 3.84. The number of halogens is 1. The van der Waals surface area contributed by atoms with Crippen molar-refractivity contribution in [1.29, 1.82) is 0 Å². The van der Waals surface area contributed by atoms with Gasteiger partial charge in [0.2, 0.25) is 0 Å². The summed E-state index contributed by atoms with van der Waals surface area (Å²) in [5.74, 6) is 0.825. The third kappa shape index (κ3) is 7.05. The van der Waals surface area contributed by atoms with Crippen LogP contribution in [0.3, 0.4) is 0 Å². The molecule has 0 saturated carbocycles. The first-order valence-electron chi connectivity index (χ1n) is 6.81. The van der Waals surface area contributed by atoms with Gasteiger partial charge in [-0.3, -0.25) is 0 Å². The fraction of sp³-hybridized carbons (Fsp3) is 0.643. The third-order valence-corrected chi connectivity index (χ3v) is 2.86. The monoisotopic (exact) mass is 302 g/mol. The Labute approximate surface area is 125 Å². The molecule has 0 aliphatic heterocycles. The van der Waals surface area contributed by atoms with Gasteiger partial charge in [-0.25, -0.2) is 4.98 Å². The van der Waals surface area contributed by atoms with Gasteiger partial charge in [0.1, 0.15) is 5.82 Å². The molecule has 1 aromatic rings. The maximum atomic E-state index is 6.09. The normalized spacial score (nSPS) is 10.8. The fourth-order valence-electron chi connectivity index (χ4n) is 1.47. The maximum absolute atomic E-state index is 6.09. The molecule has 20 heavy (non-hydrogen) atoms. The number of ether oxygens (including phenoxy) is 3. The molecule has 5 nitrogen and oxygen atoms in total. The zero-order valence-electron chi connectivity index (χ0n) is 12.2. The smallest absolute Gasteiger partial charge is 0.126 e. The average Bonchev–Trinajstić information content (AvgIpc) is 2.46. The molecule has 0 amide bonds. The van der Waals surface area contributed by atoms with Gasteiger partial charge in [0.15, 0.2) is 0 Å². The van der Waals surface area contributed by atoms with Crippen LogP contribution in [0.1, 0.15) is 19.0 Å². The quantitative estimate of drug-likeness (QED) is 0.637. The lowest BCUT2D eigenvalue weighted by atomic mass is 10.3. The number of pyridine rings is 1. The van der Waals surface area contributed by atoms with Crippen LogP contribution >= 0.6 is 11.6 Å². The lowest BCUT2D eigenvalue weighted by molar-refractivity contribution is 0.0193. The Kier molecular flexibility index (Phi) is 9.32. The molecule has 1 heterocycles. The summed E-state index contributed by atoms with van der Waals surface area (Å²) in [6.07, 6.45) is 1.05. The van der Waals surface area contributed by atoms with Crippen molar-refractivity contribution in [2.45, 2.75) is 20.0 Å². The van der Waals surface area contributed by atoms with Crippen LogP contribution in [0.15, 0.2) is 12.1 Å². The van der Waals surface area contributed by atoms with Gasteiger partial charge in [-0.05, 0) is 18.6 Å². The molecule has 1 aromatic heterocycles. The molecule has 0 fully saturated rings. The lowest BCUT2D eigenvalue weighted by Crippen LogP contribution is -2.09. The first-order chi connectivity index (χ1) is 9.77. The first-order valence-corrected chi connectivity index (χ1v) is 7.19. The summed E-state index contributed by atoms with van der Waals surface area (Å²) >= 11 is 6.09. The second kappa shape index (κ2) is 10.9. The molecule has 0 bridgehead atoms. The van der Waals surface area contributed by atoms with Gasteiger partial charge < -0.3 is 19.5 Å². The number of anilines is 1. The highest BCUT2D eigenvalue weighted by molar-refractivity contribution is 6.31. The van der Waals surface area contributed by atoms with Crippen molar-refractivity contribution < 1.29 is 14.2 Å². The van der Waals surface area contributed by atoms with E-state index < -0.39 is 0 Å². The highest BCUT2D eigenvalue weighted by atomic mass is 35.5. The van der Waals surface area contributed by atoms with Gasteiger partial charge in [-0.2, -0.15) is 0 Å². The van der Waals surface area contributed by atoms with E-state index in [0.29, 0.717) is 38.1 Å². The highest BCUT2D eigenvalue weighted by Crippen LogP contribution is 2.17. The molecular weight excluding hydrogens is 280 g/mol. The summed E-state index contributed by atoms with van der Waals surface area (Å²) in [4.78, 5) is 4.43. The van der Waals surface area contributed by atoms with Crippen molar-refractivity contribution in [3.05, 3.63) is 22.8 Å². The first kappa shape index (κ1) is 17.2. The van der Waals surface area contributed by atoms with Crippen molar-refractivity contribution in [2.24, 2.45) is 0 Å². The molecule has 0 aliphatic carbocycles. The predicted octanol–water partition coefficient (Wildman–Crippen LogP) is 2.74. The summed E-state index contributed by atoms with van der Waals surface area (Å²) in [6.45, 7) is 5.60. The second-order valence-corrected chi connectivity index (χ2v) is 4.62. The predicted molar refractivity (Wildman–Crippen MR) is 80.4 cm³/mol. The van der Waals surface area contributed by atoms with Crippen molar-refractivity contribution >= 4 is 17.4 Å². The Bertz CT molecular complexity index is 377. The molecule has 0 aliphatic rings. The molecular formula is C14H23ClN2O3. The number of nitrogens with one attached hydrogen (secondary N) is 1. The maximum Gasteiger partial charge on any atom is 0.126 e. The Morgan fingerprint density at radius 1 is 1.15 bits per heavy atom. The highest BCUT2D eigenvalue weighted by Gasteiger charge is 2.04. The van der Waals surface area contributed by atoms with Crippen LogP contribution in [0.5, 0.6) is 0 Å². The fourth-order valence-corrected chi connectivity index (χ4v) is 1.63. The van der Waals surface area contributed by atoms with E-state index in [4.69, 9.17) is 25.8 Å². The number of methoxy groups -OCH3 is 1. The number of nitrogens with zero attached hydrogens (tertiary/aromatic N) is 1. The van der Waals surface area contributed by atoms with Crippen molar-refractivity contribution in [2.75, 3.05) is 45.4 Å². The summed E-state index contributed by atoms with van der Waals surface area (Å²) in [7, 11) is 1.65. The van der Waals surface area contributed by atoms with Crippen LogP contribution in [-0.4, -0.2) is 45.1 Å². The standard InChI is InChI=1S/C14H23ClN2O3/c1-3-6-16-14-5-4-12(15)13(17-14)11-20-10-9-19-8-7-18-2/h4-5H,3,6-11H2,1-2H3,(H,16,17). The number of hydrogen-bond donors (Lipinski definition) is 1. The van der Waals surface area contributed by atoms with Gasteiger partial charge in [0, 0.05) is 13.7 Å². The molecule has 6 heteroatoms. The van der Waals surface area contributed by atoms with Gasteiger partial charge in [0.25, 0.3) is 0 Å².